The Morgan fingerprint density at radius 1 is 0.280 bits per heavy atom. The quantitative estimate of drug-likeness (QED) is 0.164. The molecule has 232 valence electrons. The number of thiophene rings is 2. The third kappa shape index (κ3) is 4.10. The molecule has 11 rings (SSSR count). The Bertz CT molecular complexity index is 3090. The van der Waals surface area contributed by atoms with Gasteiger partial charge in [0.15, 0.2) is 0 Å². The second-order valence-corrected chi connectivity index (χ2v) is 15.3. The maximum atomic E-state index is 2.40. The van der Waals surface area contributed by atoms with E-state index >= 15 is 0 Å². The van der Waals surface area contributed by atoms with Crippen molar-refractivity contribution in [2.24, 2.45) is 0 Å². The van der Waals surface area contributed by atoms with Crippen molar-refractivity contribution in [3.05, 3.63) is 170 Å². The topological polar surface area (TPSA) is 0 Å². The van der Waals surface area contributed by atoms with E-state index in [2.05, 4.69) is 170 Å². The van der Waals surface area contributed by atoms with Crippen LogP contribution in [0, 0.1) is 0 Å². The van der Waals surface area contributed by atoms with Gasteiger partial charge in [0.2, 0.25) is 0 Å². The smallest absolute Gasteiger partial charge is 0.0534 e. The van der Waals surface area contributed by atoms with Gasteiger partial charge < -0.3 is 0 Å². The van der Waals surface area contributed by atoms with Gasteiger partial charge in [-0.05, 0) is 83.9 Å². The average Bonchev–Trinajstić information content (AvgIpc) is 3.75. The molecule has 2 heteroatoms. The molecule has 0 atom stereocenters. The van der Waals surface area contributed by atoms with Crippen molar-refractivity contribution in [2.75, 3.05) is 0 Å². The molecule has 0 bridgehead atoms. The second-order valence-electron chi connectivity index (χ2n) is 13.2. The van der Waals surface area contributed by atoms with Gasteiger partial charge >= 0.3 is 0 Å². The van der Waals surface area contributed by atoms with E-state index in [1.165, 1.54) is 106 Å². The van der Waals surface area contributed by atoms with Gasteiger partial charge in [0, 0.05) is 30.9 Å². The van der Waals surface area contributed by atoms with Gasteiger partial charge in [0.05, 0.1) is 9.40 Å². The van der Waals surface area contributed by atoms with Gasteiger partial charge in [0.25, 0.3) is 0 Å². The first kappa shape index (κ1) is 28.1. The van der Waals surface area contributed by atoms with E-state index in [4.69, 9.17) is 0 Å². The first-order valence-corrected chi connectivity index (χ1v) is 18.7. The summed E-state index contributed by atoms with van der Waals surface area (Å²) in [6.45, 7) is 0. The predicted molar refractivity (Wildman–Crippen MR) is 221 cm³/mol. The molecular weight excluding hydrogens is 641 g/mol. The van der Waals surface area contributed by atoms with Crippen LogP contribution in [-0.2, 0) is 0 Å². The Kier molecular flexibility index (Phi) is 6.09. The fraction of sp³-hybridized carbons (Fsp3) is 0. The molecule has 9 aromatic carbocycles. The lowest BCUT2D eigenvalue weighted by Gasteiger charge is -2.19. The highest BCUT2D eigenvalue weighted by molar-refractivity contribution is 7.33. The summed E-state index contributed by atoms with van der Waals surface area (Å²) in [5.41, 5.74) is 7.59. The zero-order valence-electron chi connectivity index (χ0n) is 27.0. The molecule has 50 heavy (non-hydrogen) atoms. The number of hydrogen-bond donors (Lipinski definition) is 0. The van der Waals surface area contributed by atoms with Gasteiger partial charge in [-0.1, -0.05) is 152 Å². The van der Waals surface area contributed by atoms with Crippen LogP contribution in [0.2, 0.25) is 0 Å². The van der Waals surface area contributed by atoms with Crippen LogP contribution in [0.25, 0.3) is 106 Å². The number of benzene rings is 9. The summed E-state index contributed by atoms with van der Waals surface area (Å²) in [6, 6.07) is 63.0. The van der Waals surface area contributed by atoms with Crippen LogP contribution >= 0.6 is 22.7 Å². The molecule has 0 aliphatic rings. The summed E-state index contributed by atoms with van der Waals surface area (Å²) in [7, 11) is 0. The monoisotopic (exact) mass is 668 g/mol. The van der Waals surface area contributed by atoms with Crippen molar-refractivity contribution in [1.29, 1.82) is 0 Å². The van der Waals surface area contributed by atoms with Gasteiger partial charge in [-0.2, -0.15) is 0 Å². The molecule has 0 saturated heterocycles. The van der Waals surface area contributed by atoms with Crippen molar-refractivity contribution in [3.8, 4) is 33.4 Å². The molecule has 0 unspecified atom stereocenters. The molecule has 0 saturated carbocycles. The summed E-state index contributed by atoms with van der Waals surface area (Å²) in [5, 5.41) is 13.1. The molecule has 0 aliphatic heterocycles. The lowest BCUT2D eigenvalue weighted by Crippen LogP contribution is -1.92. The minimum atomic E-state index is 1.24. The third-order valence-electron chi connectivity index (χ3n) is 10.5. The third-order valence-corrected chi connectivity index (χ3v) is 13.0. The summed E-state index contributed by atoms with van der Waals surface area (Å²) < 4.78 is 5.49. The lowest BCUT2D eigenvalue weighted by molar-refractivity contribution is 1.63. The fourth-order valence-corrected chi connectivity index (χ4v) is 10.8. The van der Waals surface area contributed by atoms with Gasteiger partial charge in [-0.15, -0.1) is 22.7 Å². The zero-order chi connectivity index (χ0) is 32.8. The minimum Gasteiger partial charge on any atom is -0.134 e. The summed E-state index contributed by atoms with van der Waals surface area (Å²) in [6.07, 6.45) is 0. The van der Waals surface area contributed by atoms with Crippen LogP contribution in [0.4, 0.5) is 0 Å². The van der Waals surface area contributed by atoms with Crippen molar-refractivity contribution in [1.82, 2.24) is 0 Å². The SMILES string of the molecule is c1cc(-c2ccc3c(c2)sc2c3ccc3c4ccccc4sc32)cc(-c2c3ccccc3c(-c3cccc4ccccc34)c3ccccc23)c1. The van der Waals surface area contributed by atoms with E-state index < -0.39 is 0 Å². The molecule has 0 radical (unpaired) electrons. The molecule has 2 aromatic heterocycles. The minimum absolute atomic E-state index is 1.24. The Morgan fingerprint density at radius 2 is 0.780 bits per heavy atom. The summed E-state index contributed by atoms with van der Waals surface area (Å²) in [5.74, 6) is 0. The van der Waals surface area contributed by atoms with E-state index in [0.717, 1.165) is 0 Å². The maximum absolute atomic E-state index is 2.40. The van der Waals surface area contributed by atoms with Crippen molar-refractivity contribution < 1.29 is 0 Å². The highest BCUT2D eigenvalue weighted by atomic mass is 32.1. The normalized spacial score (nSPS) is 12.0. The molecule has 0 fully saturated rings. The zero-order valence-corrected chi connectivity index (χ0v) is 28.6. The highest BCUT2D eigenvalue weighted by Gasteiger charge is 2.19. The van der Waals surface area contributed by atoms with E-state index in [1.54, 1.807) is 0 Å². The summed E-state index contributed by atoms with van der Waals surface area (Å²) in [4.78, 5) is 0. The lowest BCUT2D eigenvalue weighted by atomic mass is 9.84. The van der Waals surface area contributed by atoms with Crippen LogP contribution in [-0.4, -0.2) is 0 Å². The predicted octanol–water partition coefficient (Wildman–Crippen LogP) is 14.9. The number of fused-ring (bicyclic) bond motifs is 10. The Hall–Kier alpha value is -5.80. The molecule has 0 nitrogen and oxygen atoms in total. The van der Waals surface area contributed by atoms with Crippen LogP contribution < -0.4 is 0 Å². The standard InChI is InChI=1S/C48H28S2/c1-2-15-33-29(11-1)12-10-21-36(33)46-39-19-5-3-17-37(39)45(38-18-4-6-20-40(38)46)32-14-9-13-30(27-32)31-23-24-35-42-26-25-41-34-16-7-8-22-43(34)49-47(41)48(42)50-44(35)28-31/h1-28H. The van der Waals surface area contributed by atoms with Crippen molar-refractivity contribution in [2.45, 2.75) is 0 Å². The summed E-state index contributed by atoms with van der Waals surface area (Å²) >= 11 is 3.85. The van der Waals surface area contributed by atoms with E-state index in [0.29, 0.717) is 0 Å². The molecule has 2 heterocycles. The molecule has 0 aliphatic carbocycles. The van der Waals surface area contributed by atoms with Crippen LogP contribution in [0.15, 0.2) is 170 Å². The van der Waals surface area contributed by atoms with Crippen LogP contribution in [0.1, 0.15) is 0 Å². The Labute approximate surface area is 297 Å². The van der Waals surface area contributed by atoms with E-state index in [-0.39, 0.29) is 0 Å². The first-order chi connectivity index (χ1) is 24.8. The molecule has 11 aromatic rings. The largest absolute Gasteiger partial charge is 0.134 e. The Morgan fingerprint density at radius 3 is 1.52 bits per heavy atom. The molecular formula is C48H28S2. The van der Waals surface area contributed by atoms with Gasteiger partial charge in [-0.3, -0.25) is 0 Å². The number of hydrogen-bond acceptors (Lipinski definition) is 2. The highest BCUT2D eigenvalue weighted by Crippen LogP contribution is 2.47. The Balaban J connectivity index is 1.11. The first-order valence-electron chi connectivity index (χ1n) is 17.1. The van der Waals surface area contributed by atoms with Gasteiger partial charge in [0.1, 0.15) is 0 Å². The average molecular weight is 669 g/mol. The van der Waals surface area contributed by atoms with Crippen LogP contribution in [0.5, 0.6) is 0 Å². The van der Waals surface area contributed by atoms with E-state index in [9.17, 15) is 0 Å². The van der Waals surface area contributed by atoms with E-state index in [1.807, 2.05) is 22.7 Å². The fourth-order valence-electron chi connectivity index (χ4n) is 8.22. The number of rotatable bonds is 3. The van der Waals surface area contributed by atoms with Crippen LogP contribution in [0.3, 0.4) is 0 Å². The second kappa shape index (κ2) is 10.9. The maximum Gasteiger partial charge on any atom is 0.0534 e. The van der Waals surface area contributed by atoms with Crippen molar-refractivity contribution >= 4 is 95.3 Å². The molecule has 0 N–H and O–H groups in total. The molecule has 0 amide bonds. The molecule has 0 spiro atoms. The van der Waals surface area contributed by atoms with Crippen molar-refractivity contribution in [3.63, 3.8) is 0 Å². The van der Waals surface area contributed by atoms with Gasteiger partial charge in [-0.25, -0.2) is 0 Å².